The van der Waals surface area contributed by atoms with Gasteiger partial charge in [0.05, 0.1) is 6.54 Å². The number of likely N-dealkylation sites (N-methyl/N-ethyl adjacent to an activating group) is 1. The van der Waals surface area contributed by atoms with Gasteiger partial charge >= 0.3 is 0 Å². The summed E-state index contributed by atoms with van der Waals surface area (Å²) in [5.74, 6) is 0.211. The van der Waals surface area contributed by atoms with E-state index in [0.717, 1.165) is 19.5 Å². The second-order valence-corrected chi connectivity index (χ2v) is 5.69. The van der Waals surface area contributed by atoms with Gasteiger partial charge in [0, 0.05) is 24.0 Å². The lowest BCUT2D eigenvalue weighted by molar-refractivity contribution is -0.130. The fourth-order valence-electron chi connectivity index (χ4n) is 2.60. The predicted molar refractivity (Wildman–Crippen MR) is 75.9 cm³/mol. The number of fused-ring (bicyclic) bond motifs is 1. The van der Waals surface area contributed by atoms with Crippen LogP contribution in [-0.2, 0) is 11.2 Å². The minimum absolute atomic E-state index is 0.211. The minimum Gasteiger partial charge on any atom is -0.342 e. The van der Waals surface area contributed by atoms with Crippen LogP contribution in [0.2, 0.25) is 0 Å². The Labute approximate surface area is 113 Å². The zero-order chi connectivity index (χ0) is 13.0. The molecule has 0 saturated carbocycles. The average molecular weight is 266 g/mol. The molecule has 1 unspecified atom stereocenters. The Morgan fingerprint density at radius 3 is 3.00 bits per heavy atom. The largest absolute Gasteiger partial charge is 0.342 e. The van der Waals surface area contributed by atoms with Crippen molar-refractivity contribution in [1.82, 2.24) is 10.2 Å². The van der Waals surface area contributed by atoms with Crippen LogP contribution in [0.3, 0.4) is 0 Å². The van der Waals surface area contributed by atoms with Crippen LogP contribution in [0.25, 0.3) is 0 Å². The SMILES string of the molecule is CCN(CC)C(=O)CNC1CCCc2sccc21. The Bertz CT molecular complexity index is 398. The van der Waals surface area contributed by atoms with Crippen molar-refractivity contribution < 1.29 is 4.79 Å². The molecule has 3 nitrogen and oxygen atoms in total. The van der Waals surface area contributed by atoms with Crippen LogP contribution >= 0.6 is 11.3 Å². The number of amides is 1. The summed E-state index contributed by atoms with van der Waals surface area (Å²) in [7, 11) is 0. The van der Waals surface area contributed by atoms with E-state index in [9.17, 15) is 4.79 Å². The van der Waals surface area contributed by atoms with Crippen LogP contribution in [0.4, 0.5) is 0 Å². The molecule has 0 spiro atoms. The van der Waals surface area contributed by atoms with E-state index in [-0.39, 0.29) is 5.91 Å². The van der Waals surface area contributed by atoms with E-state index in [0.29, 0.717) is 12.6 Å². The summed E-state index contributed by atoms with van der Waals surface area (Å²) in [5, 5.41) is 5.59. The summed E-state index contributed by atoms with van der Waals surface area (Å²) in [5.41, 5.74) is 1.42. The van der Waals surface area contributed by atoms with Crippen molar-refractivity contribution in [2.75, 3.05) is 19.6 Å². The molecule has 1 aliphatic rings. The molecule has 1 aromatic rings. The normalized spacial score (nSPS) is 18.4. The first-order valence-electron chi connectivity index (χ1n) is 6.83. The van der Waals surface area contributed by atoms with E-state index in [2.05, 4.69) is 16.8 Å². The van der Waals surface area contributed by atoms with Crippen molar-refractivity contribution in [3.63, 3.8) is 0 Å². The summed E-state index contributed by atoms with van der Waals surface area (Å²) in [6.07, 6.45) is 3.58. The molecule has 1 N–H and O–H groups in total. The molecule has 0 fully saturated rings. The number of rotatable bonds is 5. The Morgan fingerprint density at radius 2 is 2.28 bits per heavy atom. The van der Waals surface area contributed by atoms with Gasteiger partial charge in [0.1, 0.15) is 0 Å². The highest BCUT2D eigenvalue weighted by molar-refractivity contribution is 7.10. The summed E-state index contributed by atoms with van der Waals surface area (Å²) in [6, 6.07) is 2.58. The maximum atomic E-state index is 12.0. The van der Waals surface area contributed by atoms with E-state index in [1.165, 1.54) is 23.3 Å². The molecule has 1 amide bonds. The predicted octanol–water partition coefficient (Wildman–Crippen LogP) is 2.58. The zero-order valence-corrected chi connectivity index (χ0v) is 12.1. The van der Waals surface area contributed by atoms with E-state index < -0.39 is 0 Å². The maximum absolute atomic E-state index is 12.0. The van der Waals surface area contributed by atoms with E-state index >= 15 is 0 Å². The summed E-state index contributed by atoms with van der Waals surface area (Å²) in [4.78, 5) is 15.3. The van der Waals surface area contributed by atoms with E-state index in [1.54, 1.807) is 0 Å². The van der Waals surface area contributed by atoms with Gasteiger partial charge in [-0.25, -0.2) is 0 Å². The fourth-order valence-corrected chi connectivity index (χ4v) is 3.58. The smallest absolute Gasteiger partial charge is 0.236 e. The molecule has 0 radical (unpaired) electrons. The summed E-state index contributed by atoms with van der Waals surface area (Å²) < 4.78 is 0. The average Bonchev–Trinajstić information content (AvgIpc) is 2.86. The Balaban J connectivity index is 1.90. The lowest BCUT2D eigenvalue weighted by atomic mass is 9.94. The maximum Gasteiger partial charge on any atom is 0.236 e. The third-order valence-corrected chi connectivity index (χ3v) is 4.66. The second kappa shape index (κ2) is 6.34. The Morgan fingerprint density at radius 1 is 1.50 bits per heavy atom. The van der Waals surface area contributed by atoms with E-state index in [1.807, 2.05) is 30.1 Å². The minimum atomic E-state index is 0.211. The highest BCUT2D eigenvalue weighted by Crippen LogP contribution is 2.32. The van der Waals surface area contributed by atoms with Gasteiger partial charge in [0.2, 0.25) is 5.91 Å². The number of nitrogens with one attached hydrogen (secondary N) is 1. The lowest BCUT2D eigenvalue weighted by Crippen LogP contribution is -2.39. The van der Waals surface area contributed by atoms with Crippen molar-refractivity contribution in [2.45, 2.75) is 39.2 Å². The molecular formula is C14H22N2OS. The molecule has 2 rings (SSSR count). The molecule has 4 heteroatoms. The van der Waals surface area contributed by atoms with Gasteiger partial charge in [-0.1, -0.05) is 0 Å². The van der Waals surface area contributed by atoms with Gasteiger partial charge < -0.3 is 10.2 Å². The molecule has 0 aliphatic heterocycles. The lowest BCUT2D eigenvalue weighted by Gasteiger charge is -2.25. The van der Waals surface area contributed by atoms with Crippen molar-refractivity contribution in [2.24, 2.45) is 0 Å². The molecule has 0 aromatic carbocycles. The van der Waals surface area contributed by atoms with Gasteiger partial charge in [-0.2, -0.15) is 0 Å². The number of aryl methyl sites for hydroxylation is 1. The number of hydrogen-bond acceptors (Lipinski definition) is 3. The molecule has 1 atom stereocenters. The molecule has 1 heterocycles. The quantitative estimate of drug-likeness (QED) is 0.888. The van der Waals surface area contributed by atoms with Crippen LogP contribution in [0.15, 0.2) is 11.4 Å². The molecular weight excluding hydrogens is 244 g/mol. The number of thiophene rings is 1. The number of carbonyl (C=O) groups is 1. The molecule has 18 heavy (non-hydrogen) atoms. The van der Waals surface area contributed by atoms with Gasteiger partial charge in [-0.3, -0.25) is 4.79 Å². The third-order valence-electron chi connectivity index (χ3n) is 3.67. The first kappa shape index (κ1) is 13.6. The highest BCUT2D eigenvalue weighted by Gasteiger charge is 2.21. The Kier molecular flexibility index (Phi) is 4.78. The van der Waals surface area contributed by atoms with Crippen LogP contribution < -0.4 is 5.32 Å². The monoisotopic (exact) mass is 266 g/mol. The van der Waals surface area contributed by atoms with Gasteiger partial charge in [0.25, 0.3) is 0 Å². The summed E-state index contributed by atoms with van der Waals surface area (Å²) >= 11 is 1.84. The van der Waals surface area contributed by atoms with Crippen LogP contribution in [0.5, 0.6) is 0 Å². The van der Waals surface area contributed by atoms with Gasteiger partial charge in [-0.05, 0) is 50.1 Å². The summed E-state index contributed by atoms with van der Waals surface area (Å²) in [6.45, 7) is 6.11. The first-order valence-corrected chi connectivity index (χ1v) is 7.71. The second-order valence-electron chi connectivity index (χ2n) is 4.69. The number of carbonyl (C=O) groups excluding carboxylic acids is 1. The van der Waals surface area contributed by atoms with Crippen molar-refractivity contribution in [1.29, 1.82) is 0 Å². The van der Waals surface area contributed by atoms with Crippen LogP contribution in [0.1, 0.15) is 43.2 Å². The molecule has 0 bridgehead atoms. The van der Waals surface area contributed by atoms with Crippen molar-refractivity contribution in [3.8, 4) is 0 Å². The van der Waals surface area contributed by atoms with Crippen molar-refractivity contribution in [3.05, 3.63) is 21.9 Å². The van der Waals surface area contributed by atoms with Gasteiger partial charge in [-0.15, -0.1) is 11.3 Å². The van der Waals surface area contributed by atoms with Crippen molar-refractivity contribution >= 4 is 17.2 Å². The fraction of sp³-hybridized carbons (Fsp3) is 0.643. The topological polar surface area (TPSA) is 32.3 Å². The molecule has 0 saturated heterocycles. The number of hydrogen-bond donors (Lipinski definition) is 1. The van der Waals surface area contributed by atoms with Gasteiger partial charge in [0.15, 0.2) is 0 Å². The van der Waals surface area contributed by atoms with Crippen LogP contribution in [0, 0.1) is 0 Å². The molecule has 1 aromatic heterocycles. The highest BCUT2D eigenvalue weighted by atomic mass is 32.1. The van der Waals surface area contributed by atoms with E-state index in [4.69, 9.17) is 0 Å². The van der Waals surface area contributed by atoms with Crippen LogP contribution in [-0.4, -0.2) is 30.4 Å². The third kappa shape index (κ3) is 2.93. The Hall–Kier alpha value is -0.870. The molecule has 100 valence electrons. The standard InChI is InChI=1S/C14H22N2OS/c1-3-16(4-2)14(17)10-15-12-6-5-7-13-11(12)8-9-18-13/h8-9,12,15H,3-7,10H2,1-2H3. The number of nitrogens with zero attached hydrogens (tertiary/aromatic N) is 1. The zero-order valence-electron chi connectivity index (χ0n) is 11.2. The first-order chi connectivity index (χ1) is 8.76. The molecule has 1 aliphatic carbocycles.